The molecule has 1 fully saturated rings. The quantitative estimate of drug-likeness (QED) is 0.494. The Morgan fingerprint density at radius 2 is 1.91 bits per heavy atom. The third-order valence-electron chi connectivity index (χ3n) is 4.71. The third-order valence-corrected chi connectivity index (χ3v) is 4.71. The zero-order valence-electron chi connectivity index (χ0n) is 12.1. The van der Waals surface area contributed by atoms with Crippen molar-refractivity contribution in [2.45, 2.75) is 12.8 Å². The predicted octanol–water partition coefficient (Wildman–Crippen LogP) is 3.53. The Kier molecular flexibility index (Phi) is 3.07. The van der Waals surface area contributed by atoms with Crippen LogP contribution in [0.5, 0.6) is 5.75 Å². The van der Waals surface area contributed by atoms with Gasteiger partial charge in [0, 0.05) is 23.6 Å². The van der Waals surface area contributed by atoms with Gasteiger partial charge in [-0.3, -0.25) is 9.59 Å². The highest BCUT2D eigenvalue weighted by Crippen LogP contribution is 2.42. The van der Waals surface area contributed by atoms with Crippen LogP contribution in [0.1, 0.15) is 12.8 Å². The summed E-state index contributed by atoms with van der Waals surface area (Å²) in [6.07, 6.45) is 5.01. The van der Waals surface area contributed by atoms with Crippen molar-refractivity contribution in [3.05, 3.63) is 54.6 Å². The fraction of sp³-hybridized carbons (Fsp3) is 0.263. The highest BCUT2D eigenvalue weighted by Gasteiger charge is 2.44. The number of hydrogen-bond acceptors (Lipinski definition) is 3. The van der Waals surface area contributed by atoms with Crippen molar-refractivity contribution in [2.75, 3.05) is 0 Å². The molecule has 0 spiro atoms. The molecule has 3 atom stereocenters. The topological polar surface area (TPSA) is 43.4 Å². The molecular formula is C19H16O3. The average Bonchev–Trinajstić information content (AvgIpc) is 3.02. The molecule has 0 aromatic heterocycles. The second-order valence-electron chi connectivity index (χ2n) is 6.07. The molecule has 0 radical (unpaired) electrons. The summed E-state index contributed by atoms with van der Waals surface area (Å²) in [5.41, 5.74) is 0. The maximum atomic E-state index is 12.2. The minimum atomic E-state index is -0.255. The van der Waals surface area contributed by atoms with Gasteiger partial charge in [0.2, 0.25) is 0 Å². The molecule has 0 N–H and O–H groups in total. The van der Waals surface area contributed by atoms with Gasteiger partial charge in [-0.05, 0) is 23.8 Å². The zero-order chi connectivity index (χ0) is 15.1. The molecule has 3 heteroatoms. The zero-order valence-corrected chi connectivity index (χ0v) is 12.1. The molecular weight excluding hydrogens is 276 g/mol. The average molecular weight is 292 g/mol. The van der Waals surface area contributed by atoms with E-state index in [1.165, 1.54) is 0 Å². The van der Waals surface area contributed by atoms with Crippen LogP contribution in [-0.4, -0.2) is 11.8 Å². The Morgan fingerprint density at radius 1 is 1.09 bits per heavy atom. The van der Waals surface area contributed by atoms with Crippen molar-refractivity contribution < 1.29 is 14.3 Å². The van der Waals surface area contributed by atoms with Crippen LogP contribution in [0.3, 0.4) is 0 Å². The minimum absolute atomic E-state index is 0.0281. The molecule has 4 rings (SSSR count). The molecule has 2 aliphatic carbocycles. The van der Waals surface area contributed by atoms with Gasteiger partial charge in [-0.2, -0.15) is 0 Å². The number of benzene rings is 2. The standard InChI is InChI=1S/C19H16O3/c20-18(11-14-10-13-8-9-16(14)19(13)21)22-17-7-3-5-12-4-1-2-6-15(12)17/h1-9,13-14,16H,10-11H2. The first-order chi connectivity index (χ1) is 10.7. The number of ether oxygens (including phenoxy) is 1. The van der Waals surface area contributed by atoms with Crippen LogP contribution < -0.4 is 4.74 Å². The first kappa shape index (κ1) is 13.3. The first-order valence-electron chi connectivity index (χ1n) is 7.63. The Bertz CT molecular complexity index is 785. The van der Waals surface area contributed by atoms with Gasteiger partial charge >= 0.3 is 5.97 Å². The Morgan fingerprint density at radius 3 is 2.68 bits per heavy atom. The third kappa shape index (κ3) is 2.13. The fourth-order valence-corrected chi connectivity index (χ4v) is 3.62. The Balaban J connectivity index is 1.50. The van der Waals surface area contributed by atoms with Crippen molar-refractivity contribution in [2.24, 2.45) is 17.8 Å². The molecule has 3 nitrogen and oxygen atoms in total. The van der Waals surface area contributed by atoms with Gasteiger partial charge in [-0.25, -0.2) is 0 Å². The number of rotatable bonds is 3. The summed E-state index contributed by atoms with van der Waals surface area (Å²) in [6.45, 7) is 0. The molecule has 0 amide bonds. The Labute approximate surface area is 128 Å². The molecule has 2 bridgehead atoms. The molecule has 0 heterocycles. The van der Waals surface area contributed by atoms with Crippen molar-refractivity contribution >= 4 is 22.5 Å². The maximum Gasteiger partial charge on any atom is 0.311 e. The lowest BCUT2D eigenvalue weighted by Crippen LogP contribution is -2.18. The van der Waals surface area contributed by atoms with E-state index in [9.17, 15) is 9.59 Å². The van der Waals surface area contributed by atoms with Crippen molar-refractivity contribution in [1.29, 1.82) is 0 Å². The van der Waals surface area contributed by atoms with Gasteiger partial charge in [0.05, 0.1) is 0 Å². The van der Waals surface area contributed by atoms with E-state index in [-0.39, 0.29) is 29.5 Å². The summed E-state index contributed by atoms with van der Waals surface area (Å²) in [6, 6.07) is 13.5. The SMILES string of the molecule is O=C(CC1CC2C=CC1C2=O)Oc1cccc2ccccc12. The van der Waals surface area contributed by atoms with Gasteiger partial charge in [-0.15, -0.1) is 0 Å². The monoisotopic (exact) mass is 292 g/mol. The van der Waals surface area contributed by atoms with Crippen LogP contribution in [0.25, 0.3) is 10.8 Å². The van der Waals surface area contributed by atoms with Crippen LogP contribution >= 0.6 is 0 Å². The van der Waals surface area contributed by atoms with E-state index in [1.807, 2.05) is 54.6 Å². The van der Waals surface area contributed by atoms with E-state index < -0.39 is 0 Å². The van der Waals surface area contributed by atoms with Crippen LogP contribution in [0.2, 0.25) is 0 Å². The van der Waals surface area contributed by atoms with Gasteiger partial charge in [0.1, 0.15) is 11.5 Å². The van der Waals surface area contributed by atoms with E-state index >= 15 is 0 Å². The summed E-state index contributed by atoms with van der Waals surface area (Å²) < 4.78 is 5.56. The molecule has 2 aliphatic rings. The number of allylic oxidation sites excluding steroid dienone is 2. The number of Topliss-reactive ketones (excluding diaryl/α,β-unsaturated/α-hetero) is 1. The number of esters is 1. The molecule has 2 aromatic rings. The number of fused-ring (bicyclic) bond motifs is 3. The van der Waals surface area contributed by atoms with Gasteiger partial charge in [0.25, 0.3) is 0 Å². The fourth-order valence-electron chi connectivity index (χ4n) is 3.62. The lowest BCUT2D eigenvalue weighted by atomic mass is 9.90. The second kappa shape index (κ2) is 5.09. The molecule has 22 heavy (non-hydrogen) atoms. The minimum Gasteiger partial charge on any atom is -0.426 e. The predicted molar refractivity (Wildman–Crippen MR) is 83.4 cm³/mol. The van der Waals surface area contributed by atoms with E-state index in [1.54, 1.807) is 0 Å². The molecule has 110 valence electrons. The highest BCUT2D eigenvalue weighted by molar-refractivity contribution is 5.93. The summed E-state index contributed by atoms with van der Waals surface area (Å²) >= 11 is 0. The number of hydrogen-bond donors (Lipinski definition) is 0. The van der Waals surface area contributed by atoms with E-state index in [2.05, 4.69) is 0 Å². The van der Waals surface area contributed by atoms with Gasteiger partial charge in [-0.1, -0.05) is 48.6 Å². The molecule has 2 aromatic carbocycles. The van der Waals surface area contributed by atoms with E-state index in [0.29, 0.717) is 12.2 Å². The van der Waals surface area contributed by atoms with Crippen molar-refractivity contribution in [3.63, 3.8) is 0 Å². The van der Waals surface area contributed by atoms with Crippen molar-refractivity contribution in [1.82, 2.24) is 0 Å². The summed E-state index contributed by atoms with van der Waals surface area (Å²) in [7, 11) is 0. The smallest absolute Gasteiger partial charge is 0.311 e. The number of carbonyl (C=O) groups excluding carboxylic acids is 2. The van der Waals surface area contributed by atoms with Crippen LogP contribution in [0, 0.1) is 17.8 Å². The van der Waals surface area contributed by atoms with Crippen LogP contribution in [0.4, 0.5) is 0 Å². The first-order valence-corrected chi connectivity index (χ1v) is 7.63. The largest absolute Gasteiger partial charge is 0.426 e. The van der Waals surface area contributed by atoms with Crippen molar-refractivity contribution in [3.8, 4) is 5.75 Å². The normalized spacial score (nSPS) is 25.8. The van der Waals surface area contributed by atoms with E-state index in [0.717, 1.165) is 17.2 Å². The summed E-state index contributed by atoms with van der Waals surface area (Å²) in [5.74, 6) is 0.654. The lowest BCUT2D eigenvalue weighted by molar-refractivity contribution is -0.135. The highest BCUT2D eigenvalue weighted by atomic mass is 16.5. The van der Waals surface area contributed by atoms with Crippen LogP contribution in [0.15, 0.2) is 54.6 Å². The molecule has 1 saturated carbocycles. The second-order valence-corrected chi connectivity index (χ2v) is 6.07. The number of ketones is 1. The lowest BCUT2D eigenvalue weighted by Gasteiger charge is -2.15. The molecule has 0 aliphatic heterocycles. The maximum absolute atomic E-state index is 12.2. The molecule has 3 unspecified atom stereocenters. The van der Waals surface area contributed by atoms with E-state index in [4.69, 9.17) is 4.74 Å². The van der Waals surface area contributed by atoms with Gasteiger partial charge in [0.15, 0.2) is 0 Å². The molecule has 0 saturated heterocycles. The summed E-state index contributed by atoms with van der Waals surface area (Å²) in [5, 5.41) is 1.98. The number of carbonyl (C=O) groups is 2. The van der Waals surface area contributed by atoms with Crippen LogP contribution in [-0.2, 0) is 9.59 Å². The summed E-state index contributed by atoms with van der Waals surface area (Å²) in [4.78, 5) is 24.1. The van der Waals surface area contributed by atoms with Gasteiger partial charge < -0.3 is 4.74 Å². The Hall–Kier alpha value is -2.42.